The van der Waals surface area contributed by atoms with Crippen LogP contribution in [0.15, 0.2) is 72.2 Å². The number of guanidine groups is 1. The average Bonchev–Trinajstić information content (AvgIpc) is 3.28. The fourth-order valence-electron chi connectivity index (χ4n) is 3.45. The van der Waals surface area contributed by atoms with E-state index in [-0.39, 0.29) is 18.0 Å². The lowest BCUT2D eigenvalue weighted by Crippen LogP contribution is -2.48. The van der Waals surface area contributed by atoms with E-state index in [2.05, 4.69) is 61.9 Å². The first-order valence-electron chi connectivity index (χ1n) is 11.3. The van der Waals surface area contributed by atoms with Crippen LogP contribution in [0.25, 0.3) is 11.1 Å². The van der Waals surface area contributed by atoms with Crippen molar-refractivity contribution < 1.29 is 4.79 Å². The van der Waals surface area contributed by atoms with Crippen LogP contribution in [0.4, 0.5) is 0 Å². The van der Waals surface area contributed by atoms with Crippen molar-refractivity contribution in [2.45, 2.75) is 46.3 Å². The van der Waals surface area contributed by atoms with Gasteiger partial charge in [0, 0.05) is 31.0 Å². The number of rotatable bonds is 8. The van der Waals surface area contributed by atoms with Crippen LogP contribution in [0, 0.1) is 0 Å². The number of amides is 1. The predicted octanol–water partition coefficient (Wildman–Crippen LogP) is 3.57. The molecule has 0 atom stereocenters. The number of hydrogen-bond donors (Lipinski definition) is 3. The number of nitrogens with one attached hydrogen (secondary N) is 3. The lowest BCUT2D eigenvalue weighted by molar-refractivity contribution is -0.121. The molecule has 0 saturated carbocycles. The molecule has 0 aliphatic rings. The van der Waals surface area contributed by atoms with Crippen molar-refractivity contribution in [1.82, 2.24) is 25.5 Å². The third-order valence-corrected chi connectivity index (χ3v) is 4.89. The predicted molar refractivity (Wildman–Crippen MR) is 134 cm³/mol. The first-order chi connectivity index (χ1) is 15.8. The van der Waals surface area contributed by atoms with Gasteiger partial charge in [0.1, 0.15) is 0 Å². The second-order valence-corrected chi connectivity index (χ2v) is 8.94. The van der Waals surface area contributed by atoms with Gasteiger partial charge in [0.15, 0.2) is 5.96 Å². The molecule has 3 aromatic rings. The van der Waals surface area contributed by atoms with Crippen LogP contribution in [-0.4, -0.2) is 40.0 Å². The largest absolute Gasteiger partial charge is 0.357 e. The first kappa shape index (κ1) is 24.0. The molecule has 0 aliphatic carbocycles. The summed E-state index contributed by atoms with van der Waals surface area (Å²) < 4.78 is 2.05. The van der Waals surface area contributed by atoms with Crippen molar-refractivity contribution in [3.63, 3.8) is 0 Å². The fraction of sp³-hybridized carbons (Fsp3) is 0.346. The van der Waals surface area contributed by atoms with Crippen molar-refractivity contribution in [1.29, 1.82) is 0 Å². The number of imidazole rings is 1. The normalized spacial score (nSPS) is 11.8. The molecule has 0 aliphatic heterocycles. The van der Waals surface area contributed by atoms with Gasteiger partial charge in [0.2, 0.25) is 5.91 Å². The Morgan fingerprint density at radius 3 is 2.48 bits per heavy atom. The van der Waals surface area contributed by atoms with Gasteiger partial charge in [0.05, 0.1) is 19.4 Å². The van der Waals surface area contributed by atoms with E-state index in [0.29, 0.717) is 19.0 Å². The molecule has 3 N–H and O–H groups in total. The molecule has 0 saturated heterocycles. The van der Waals surface area contributed by atoms with Gasteiger partial charge in [-0.05, 0) is 49.9 Å². The summed E-state index contributed by atoms with van der Waals surface area (Å²) in [5.74, 6) is 0.552. The number of carbonyl (C=O) groups is 1. The van der Waals surface area contributed by atoms with Crippen molar-refractivity contribution in [2.24, 2.45) is 4.99 Å². The van der Waals surface area contributed by atoms with Gasteiger partial charge < -0.3 is 20.5 Å². The van der Waals surface area contributed by atoms with Gasteiger partial charge in [-0.3, -0.25) is 4.79 Å². The Morgan fingerprint density at radius 1 is 1.06 bits per heavy atom. The molecule has 0 bridgehead atoms. The number of aromatic nitrogens is 2. The molecule has 1 heterocycles. The number of benzene rings is 2. The molecule has 7 nitrogen and oxygen atoms in total. The second kappa shape index (κ2) is 11.3. The molecule has 0 unspecified atom stereocenters. The molecule has 0 fully saturated rings. The van der Waals surface area contributed by atoms with Crippen LogP contribution in [0.2, 0.25) is 0 Å². The Kier molecular flexibility index (Phi) is 8.24. The Labute approximate surface area is 196 Å². The zero-order valence-corrected chi connectivity index (χ0v) is 19.9. The summed E-state index contributed by atoms with van der Waals surface area (Å²) in [5, 5.41) is 9.28. The maximum Gasteiger partial charge on any atom is 0.239 e. The standard InChI is InChI=1S/C26H34N6O/c1-5-28-25(30-17-24(33)31-26(2,3)4)29-16-22-8-6-7-9-23(22)21-12-10-20(11-13-21)18-32-15-14-27-19-32/h6-15,19H,5,16-18H2,1-4H3,(H,31,33)(H2,28,29,30). The Morgan fingerprint density at radius 2 is 1.82 bits per heavy atom. The maximum atomic E-state index is 12.1. The molecular weight excluding hydrogens is 412 g/mol. The summed E-state index contributed by atoms with van der Waals surface area (Å²) in [6.45, 7) is 10.1. The van der Waals surface area contributed by atoms with E-state index in [4.69, 9.17) is 4.99 Å². The van der Waals surface area contributed by atoms with Crippen LogP contribution in [0.5, 0.6) is 0 Å². The molecule has 174 valence electrons. The van der Waals surface area contributed by atoms with E-state index in [0.717, 1.165) is 23.2 Å². The minimum absolute atomic E-state index is 0.0655. The lowest BCUT2D eigenvalue weighted by Gasteiger charge is -2.21. The summed E-state index contributed by atoms with van der Waals surface area (Å²) in [4.78, 5) is 21.0. The zero-order chi connectivity index (χ0) is 23.7. The molecular formula is C26H34N6O. The molecule has 33 heavy (non-hydrogen) atoms. The quantitative estimate of drug-likeness (QED) is 0.365. The maximum absolute atomic E-state index is 12.1. The number of carbonyl (C=O) groups excluding carboxylic acids is 1. The Bertz CT molecular complexity index is 1050. The molecule has 1 amide bonds. The molecule has 0 radical (unpaired) electrons. The molecule has 2 aromatic carbocycles. The van der Waals surface area contributed by atoms with Gasteiger partial charge in [-0.25, -0.2) is 9.98 Å². The minimum Gasteiger partial charge on any atom is -0.357 e. The summed E-state index contributed by atoms with van der Waals surface area (Å²) in [6, 6.07) is 16.9. The summed E-state index contributed by atoms with van der Waals surface area (Å²) in [7, 11) is 0. The third kappa shape index (κ3) is 7.79. The van der Waals surface area contributed by atoms with Crippen LogP contribution in [-0.2, 0) is 17.9 Å². The van der Waals surface area contributed by atoms with E-state index >= 15 is 0 Å². The molecule has 3 rings (SSSR count). The van der Waals surface area contributed by atoms with Gasteiger partial charge in [0.25, 0.3) is 0 Å². The van der Waals surface area contributed by atoms with E-state index in [9.17, 15) is 4.79 Å². The summed E-state index contributed by atoms with van der Waals surface area (Å²) >= 11 is 0. The van der Waals surface area contributed by atoms with E-state index in [1.807, 2.05) is 52.4 Å². The van der Waals surface area contributed by atoms with E-state index < -0.39 is 0 Å². The van der Waals surface area contributed by atoms with Crippen molar-refractivity contribution >= 4 is 11.9 Å². The number of aliphatic imine (C=N–C) groups is 1. The van der Waals surface area contributed by atoms with Gasteiger partial charge >= 0.3 is 0 Å². The molecule has 1 aromatic heterocycles. The Balaban J connectivity index is 1.69. The van der Waals surface area contributed by atoms with E-state index in [1.54, 1.807) is 6.20 Å². The van der Waals surface area contributed by atoms with Crippen LogP contribution >= 0.6 is 0 Å². The van der Waals surface area contributed by atoms with Crippen molar-refractivity contribution in [3.8, 4) is 11.1 Å². The molecule has 7 heteroatoms. The highest BCUT2D eigenvalue weighted by molar-refractivity contribution is 5.86. The van der Waals surface area contributed by atoms with Gasteiger partial charge in [-0.2, -0.15) is 0 Å². The van der Waals surface area contributed by atoms with Crippen LogP contribution < -0.4 is 16.0 Å². The topological polar surface area (TPSA) is 83.3 Å². The van der Waals surface area contributed by atoms with Gasteiger partial charge in [-0.15, -0.1) is 0 Å². The van der Waals surface area contributed by atoms with Crippen LogP contribution in [0.1, 0.15) is 38.8 Å². The summed E-state index contributed by atoms with van der Waals surface area (Å²) in [5.41, 5.74) is 4.38. The minimum atomic E-state index is -0.262. The Hall–Kier alpha value is -3.61. The SMILES string of the molecule is CCNC(=NCc1ccccc1-c1ccc(Cn2ccnc2)cc1)NCC(=O)NC(C)(C)C. The fourth-order valence-corrected chi connectivity index (χ4v) is 3.45. The smallest absolute Gasteiger partial charge is 0.239 e. The monoisotopic (exact) mass is 446 g/mol. The molecule has 0 spiro atoms. The average molecular weight is 447 g/mol. The lowest BCUT2D eigenvalue weighted by atomic mass is 9.98. The highest BCUT2D eigenvalue weighted by atomic mass is 16.2. The number of hydrogen-bond acceptors (Lipinski definition) is 3. The highest BCUT2D eigenvalue weighted by Gasteiger charge is 2.13. The summed E-state index contributed by atoms with van der Waals surface area (Å²) in [6.07, 6.45) is 5.58. The van der Waals surface area contributed by atoms with Crippen molar-refractivity contribution in [2.75, 3.05) is 13.1 Å². The zero-order valence-electron chi connectivity index (χ0n) is 19.9. The first-order valence-corrected chi connectivity index (χ1v) is 11.3. The highest BCUT2D eigenvalue weighted by Crippen LogP contribution is 2.25. The number of nitrogens with zero attached hydrogens (tertiary/aromatic N) is 3. The van der Waals surface area contributed by atoms with Gasteiger partial charge in [-0.1, -0.05) is 48.5 Å². The van der Waals surface area contributed by atoms with Crippen molar-refractivity contribution in [3.05, 3.63) is 78.4 Å². The van der Waals surface area contributed by atoms with E-state index in [1.165, 1.54) is 5.56 Å². The van der Waals surface area contributed by atoms with Crippen LogP contribution in [0.3, 0.4) is 0 Å². The second-order valence-electron chi connectivity index (χ2n) is 8.94. The third-order valence-electron chi connectivity index (χ3n) is 4.89.